The molecule has 3 heteroatoms. The summed E-state index contributed by atoms with van der Waals surface area (Å²) in [5.74, 6) is 4.95. The molecule has 0 aromatic heterocycles. The Kier molecular flexibility index (Phi) is 5.99. The fourth-order valence-corrected chi connectivity index (χ4v) is 1.02. The molecule has 13 heavy (non-hydrogen) atoms. The zero-order valence-corrected chi connectivity index (χ0v) is 8.42. The summed E-state index contributed by atoms with van der Waals surface area (Å²) in [6, 6.07) is -0.460. The maximum absolute atomic E-state index is 10.7. The van der Waals surface area contributed by atoms with Crippen molar-refractivity contribution in [3.05, 3.63) is 0 Å². The van der Waals surface area contributed by atoms with E-state index in [2.05, 4.69) is 17.2 Å². The van der Waals surface area contributed by atoms with E-state index in [1.807, 2.05) is 13.8 Å². The van der Waals surface area contributed by atoms with E-state index in [4.69, 9.17) is 5.11 Å². The molecule has 3 nitrogen and oxygen atoms in total. The van der Waals surface area contributed by atoms with E-state index in [9.17, 15) is 4.79 Å². The Bertz CT molecular complexity index is 213. The fourth-order valence-electron chi connectivity index (χ4n) is 1.02. The van der Waals surface area contributed by atoms with E-state index < -0.39 is 12.0 Å². The van der Waals surface area contributed by atoms with Crippen LogP contribution in [0.5, 0.6) is 0 Å². The number of nitrogens with one attached hydrogen (secondary N) is 1. The Morgan fingerprint density at radius 1 is 1.54 bits per heavy atom. The molecule has 0 aliphatic carbocycles. The molecular formula is C10H17NO2. The van der Waals surface area contributed by atoms with Crippen LogP contribution in [0, 0.1) is 17.8 Å². The van der Waals surface area contributed by atoms with Crippen molar-refractivity contribution in [2.24, 2.45) is 5.92 Å². The molecule has 0 amide bonds. The predicted molar refractivity (Wildman–Crippen MR) is 52.3 cm³/mol. The van der Waals surface area contributed by atoms with Crippen LogP contribution in [-0.4, -0.2) is 23.7 Å². The molecule has 0 bridgehead atoms. The lowest BCUT2D eigenvalue weighted by molar-refractivity contribution is -0.140. The minimum Gasteiger partial charge on any atom is -0.480 e. The Morgan fingerprint density at radius 2 is 2.15 bits per heavy atom. The van der Waals surface area contributed by atoms with Gasteiger partial charge in [-0.1, -0.05) is 13.8 Å². The Morgan fingerprint density at radius 3 is 2.54 bits per heavy atom. The van der Waals surface area contributed by atoms with Gasteiger partial charge in [0.2, 0.25) is 0 Å². The average molecular weight is 183 g/mol. The van der Waals surface area contributed by atoms with Gasteiger partial charge in [0, 0.05) is 13.0 Å². The van der Waals surface area contributed by atoms with Gasteiger partial charge in [0.1, 0.15) is 6.04 Å². The number of aliphatic carboxylic acids is 1. The first-order chi connectivity index (χ1) is 6.09. The third-order valence-corrected chi connectivity index (χ3v) is 1.72. The first-order valence-corrected chi connectivity index (χ1v) is 4.45. The van der Waals surface area contributed by atoms with Crippen LogP contribution in [0.1, 0.15) is 27.2 Å². The maximum atomic E-state index is 10.7. The number of hydrogen-bond acceptors (Lipinski definition) is 2. The summed E-state index contributed by atoms with van der Waals surface area (Å²) in [4.78, 5) is 10.7. The lowest BCUT2D eigenvalue weighted by Gasteiger charge is -2.16. The normalized spacial score (nSPS) is 12.0. The van der Waals surface area contributed by atoms with Crippen LogP contribution in [0.15, 0.2) is 0 Å². The molecule has 0 heterocycles. The molecule has 0 aliphatic heterocycles. The minimum absolute atomic E-state index is 0.104. The smallest absolute Gasteiger partial charge is 0.320 e. The van der Waals surface area contributed by atoms with E-state index in [0.29, 0.717) is 13.0 Å². The van der Waals surface area contributed by atoms with Crippen molar-refractivity contribution >= 4 is 5.97 Å². The predicted octanol–water partition coefficient (Wildman–Crippen LogP) is 1.10. The van der Waals surface area contributed by atoms with E-state index in [0.717, 1.165) is 0 Å². The standard InChI is InChI=1S/C10H17NO2/c1-4-5-6-7-11-9(8(2)3)10(12)13/h8-9,11H,6-7H2,1-3H3,(H,12,13). The van der Waals surface area contributed by atoms with Crippen molar-refractivity contribution in [3.63, 3.8) is 0 Å². The van der Waals surface area contributed by atoms with Crippen molar-refractivity contribution in [2.45, 2.75) is 33.2 Å². The number of carboxylic acids is 1. The zero-order valence-electron chi connectivity index (χ0n) is 8.42. The van der Waals surface area contributed by atoms with Gasteiger partial charge < -0.3 is 10.4 Å². The summed E-state index contributed by atoms with van der Waals surface area (Å²) in [5, 5.41) is 11.8. The Hall–Kier alpha value is -1.01. The largest absolute Gasteiger partial charge is 0.480 e. The van der Waals surface area contributed by atoms with Gasteiger partial charge in [-0.3, -0.25) is 4.79 Å². The molecule has 0 aliphatic rings. The fraction of sp³-hybridized carbons (Fsp3) is 0.700. The second kappa shape index (κ2) is 6.50. The molecule has 1 unspecified atom stereocenters. The molecule has 74 valence electrons. The highest BCUT2D eigenvalue weighted by molar-refractivity contribution is 5.73. The van der Waals surface area contributed by atoms with Gasteiger partial charge >= 0.3 is 5.97 Å². The molecule has 0 saturated carbocycles. The van der Waals surface area contributed by atoms with Crippen LogP contribution in [0.25, 0.3) is 0 Å². The van der Waals surface area contributed by atoms with Crippen LogP contribution in [0.2, 0.25) is 0 Å². The summed E-state index contributed by atoms with van der Waals surface area (Å²) < 4.78 is 0. The van der Waals surface area contributed by atoms with Crippen LogP contribution in [0.4, 0.5) is 0 Å². The van der Waals surface area contributed by atoms with Gasteiger partial charge in [-0.2, -0.15) is 0 Å². The minimum atomic E-state index is -0.792. The third-order valence-electron chi connectivity index (χ3n) is 1.72. The van der Waals surface area contributed by atoms with E-state index in [1.165, 1.54) is 0 Å². The SMILES string of the molecule is CC#CCCNC(C(=O)O)C(C)C. The van der Waals surface area contributed by atoms with E-state index >= 15 is 0 Å². The van der Waals surface area contributed by atoms with Gasteiger partial charge in [-0.15, -0.1) is 11.8 Å². The highest BCUT2D eigenvalue weighted by atomic mass is 16.4. The van der Waals surface area contributed by atoms with Crippen molar-refractivity contribution in [1.29, 1.82) is 0 Å². The van der Waals surface area contributed by atoms with Crippen molar-refractivity contribution < 1.29 is 9.90 Å². The van der Waals surface area contributed by atoms with Crippen LogP contribution < -0.4 is 5.32 Å². The summed E-state index contributed by atoms with van der Waals surface area (Å²) in [5.41, 5.74) is 0. The van der Waals surface area contributed by atoms with Gasteiger partial charge in [0.25, 0.3) is 0 Å². The molecule has 0 saturated heterocycles. The summed E-state index contributed by atoms with van der Waals surface area (Å²) >= 11 is 0. The summed E-state index contributed by atoms with van der Waals surface area (Å²) in [6.07, 6.45) is 0.701. The number of carbonyl (C=O) groups is 1. The second-order valence-corrected chi connectivity index (χ2v) is 3.19. The molecular weight excluding hydrogens is 166 g/mol. The molecule has 2 N–H and O–H groups in total. The number of carboxylic acid groups (broad SMARTS) is 1. The summed E-state index contributed by atoms with van der Waals surface area (Å²) in [7, 11) is 0. The summed E-state index contributed by atoms with van der Waals surface area (Å²) in [6.45, 7) is 6.18. The highest BCUT2D eigenvalue weighted by Gasteiger charge is 2.19. The lowest BCUT2D eigenvalue weighted by atomic mass is 10.0. The zero-order chi connectivity index (χ0) is 10.3. The number of hydrogen-bond donors (Lipinski definition) is 2. The molecule has 0 spiro atoms. The van der Waals surface area contributed by atoms with Crippen LogP contribution in [-0.2, 0) is 4.79 Å². The van der Waals surface area contributed by atoms with Crippen LogP contribution >= 0.6 is 0 Å². The molecule has 0 aromatic rings. The second-order valence-electron chi connectivity index (χ2n) is 3.19. The van der Waals surface area contributed by atoms with Crippen molar-refractivity contribution in [1.82, 2.24) is 5.32 Å². The van der Waals surface area contributed by atoms with E-state index in [1.54, 1.807) is 6.92 Å². The maximum Gasteiger partial charge on any atom is 0.320 e. The third kappa shape index (κ3) is 5.26. The van der Waals surface area contributed by atoms with E-state index in [-0.39, 0.29) is 5.92 Å². The van der Waals surface area contributed by atoms with Crippen molar-refractivity contribution in [2.75, 3.05) is 6.54 Å². The Labute approximate surface area is 79.5 Å². The highest BCUT2D eigenvalue weighted by Crippen LogP contribution is 2.00. The van der Waals surface area contributed by atoms with Crippen LogP contribution in [0.3, 0.4) is 0 Å². The first kappa shape index (κ1) is 12.0. The first-order valence-electron chi connectivity index (χ1n) is 4.45. The lowest BCUT2D eigenvalue weighted by Crippen LogP contribution is -2.41. The van der Waals surface area contributed by atoms with Crippen molar-refractivity contribution in [3.8, 4) is 11.8 Å². The molecule has 1 atom stereocenters. The topological polar surface area (TPSA) is 49.3 Å². The quantitative estimate of drug-likeness (QED) is 0.495. The van der Waals surface area contributed by atoms with Gasteiger partial charge in [0.05, 0.1) is 0 Å². The molecule has 0 aromatic carbocycles. The average Bonchev–Trinajstić information content (AvgIpc) is 2.02. The molecule has 0 fully saturated rings. The van der Waals surface area contributed by atoms with Gasteiger partial charge in [0.15, 0.2) is 0 Å². The van der Waals surface area contributed by atoms with Gasteiger partial charge in [-0.05, 0) is 12.8 Å². The van der Waals surface area contributed by atoms with Gasteiger partial charge in [-0.25, -0.2) is 0 Å². The number of rotatable bonds is 5. The molecule has 0 radical (unpaired) electrons. The molecule has 0 rings (SSSR count). The monoisotopic (exact) mass is 183 g/mol. The Balaban J connectivity index is 3.81.